The van der Waals surface area contributed by atoms with Gasteiger partial charge < -0.3 is 19.5 Å². The van der Waals surface area contributed by atoms with E-state index in [1.807, 2.05) is 19.1 Å². The number of hydrogen-bond donors (Lipinski definition) is 1. The average molecular weight is 434 g/mol. The smallest absolute Gasteiger partial charge is 0.253 e. The highest BCUT2D eigenvalue weighted by Crippen LogP contribution is 2.21. The molecule has 0 spiro atoms. The summed E-state index contributed by atoms with van der Waals surface area (Å²) in [5.41, 5.74) is 1.78. The molecule has 1 amide bonds. The fourth-order valence-electron chi connectivity index (χ4n) is 3.52. The first-order valence-electron chi connectivity index (χ1n) is 10.4. The van der Waals surface area contributed by atoms with Gasteiger partial charge in [-0.15, -0.1) is 0 Å². The summed E-state index contributed by atoms with van der Waals surface area (Å²) in [5.74, 6) is -1.39. The molecule has 8 heteroatoms. The zero-order valence-electron chi connectivity index (χ0n) is 17.8. The Bertz CT molecular complexity index is 857. The Kier molecular flexibility index (Phi) is 8.31. The van der Waals surface area contributed by atoms with E-state index < -0.39 is 11.6 Å². The molecule has 31 heavy (non-hydrogen) atoms. The number of methoxy groups -OCH3 is 1. The van der Waals surface area contributed by atoms with Crippen LogP contribution in [0.3, 0.4) is 0 Å². The van der Waals surface area contributed by atoms with E-state index in [4.69, 9.17) is 9.47 Å². The van der Waals surface area contributed by atoms with E-state index in [1.165, 1.54) is 19.2 Å². The highest BCUT2D eigenvalue weighted by atomic mass is 19.2. The van der Waals surface area contributed by atoms with Crippen molar-refractivity contribution < 1.29 is 27.8 Å². The summed E-state index contributed by atoms with van der Waals surface area (Å²) in [4.78, 5) is 16.5. The molecule has 2 unspecified atom stereocenters. The average Bonchev–Trinajstić information content (AvgIpc) is 3.44. The molecule has 2 fully saturated rings. The number of halogens is 2. The first-order valence-corrected chi connectivity index (χ1v) is 10.4. The molecule has 2 aliphatic rings. The molecule has 3 heterocycles. The van der Waals surface area contributed by atoms with Crippen LogP contribution in [0.4, 0.5) is 14.5 Å². The number of carbonyl (C=O) groups is 1. The Morgan fingerprint density at radius 2 is 2.06 bits per heavy atom. The van der Waals surface area contributed by atoms with Gasteiger partial charge in [0.15, 0.2) is 11.6 Å². The highest BCUT2D eigenvalue weighted by Gasteiger charge is 2.28. The number of rotatable bonds is 5. The Balaban J connectivity index is 0.000000229. The fourth-order valence-corrected chi connectivity index (χ4v) is 3.52. The highest BCUT2D eigenvalue weighted by molar-refractivity contribution is 5.94. The van der Waals surface area contributed by atoms with Gasteiger partial charge in [-0.25, -0.2) is 4.39 Å². The van der Waals surface area contributed by atoms with Crippen LogP contribution in [0.5, 0.6) is 5.75 Å². The van der Waals surface area contributed by atoms with Crippen LogP contribution in [0.2, 0.25) is 0 Å². The van der Waals surface area contributed by atoms with Crippen molar-refractivity contribution in [1.29, 1.82) is 0 Å². The monoisotopic (exact) mass is 434 g/mol. The summed E-state index contributed by atoms with van der Waals surface area (Å²) < 4.78 is 40.3. The lowest BCUT2D eigenvalue weighted by Crippen LogP contribution is -2.27. The summed E-state index contributed by atoms with van der Waals surface area (Å²) in [6, 6.07) is 7.67. The number of hydrogen-bond acceptors (Lipinski definition) is 5. The summed E-state index contributed by atoms with van der Waals surface area (Å²) >= 11 is 0. The van der Waals surface area contributed by atoms with Gasteiger partial charge in [-0.05, 0) is 62.8 Å². The van der Waals surface area contributed by atoms with Gasteiger partial charge in [-0.2, -0.15) is 4.39 Å². The van der Waals surface area contributed by atoms with Gasteiger partial charge in [0.05, 0.1) is 25.1 Å². The number of carbonyl (C=O) groups excluding carboxylic acids is 1. The second kappa shape index (κ2) is 11.2. The first-order chi connectivity index (χ1) is 15.0. The van der Waals surface area contributed by atoms with E-state index in [-0.39, 0.29) is 23.9 Å². The summed E-state index contributed by atoms with van der Waals surface area (Å²) in [7, 11) is 1.29. The molecule has 2 saturated heterocycles. The van der Waals surface area contributed by atoms with E-state index in [1.54, 1.807) is 6.20 Å². The zero-order chi connectivity index (χ0) is 22.2. The lowest BCUT2D eigenvalue weighted by molar-refractivity contribution is -0.126. The fraction of sp³-hybridized carbons (Fsp3) is 0.478. The van der Waals surface area contributed by atoms with Crippen LogP contribution in [0.15, 0.2) is 36.5 Å². The largest absolute Gasteiger partial charge is 0.494 e. The van der Waals surface area contributed by atoms with Crippen molar-refractivity contribution in [2.75, 3.05) is 25.6 Å². The lowest BCUT2D eigenvalue weighted by Gasteiger charge is -2.12. The molecule has 168 valence electrons. The molecule has 0 radical (unpaired) electrons. The third kappa shape index (κ3) is 6.70. The van der Waals surface area contributed by atoms with Crippen molar-refractivity contribution in [3.63, 3.8) is 0 Å². The molecule has 6 nitrogen and oxygen atoms in total. The van der Waals surface area contributed by atoms with Crippen molar-refractivity contribution in [3.05, 3.63) is 53.9 Å². The number of ether oxygens (including phenoxy) is 3. The minimum absolute atomic E-state index is 0.0694. The number of nitrogens with one attached hydrogen (secondary N) is 1. The standard InChI is InChI=1S/C16H22N2O3.C7H6F2O/c1-11-2-5-15(21-11)16(19)18-14-4-3-13(17-9-14)8-12-6-7-20-10-12;1-10-6-4-2-3-5(8)7(6)9/h3-4,9,11-12,15H,2,5-8,10H2,1H3,(H,18,19);2-4H,1H3/t11?,12-,15?;/m1./s1. The number of amides is 1. The van der Waals surface area contributed by atoms with Crippen LogP contribution in [0, 0.1) is 17.6 Å². The van der Waals surface area contributed by atoms with Gasteiger partial charge in [0, 0.05) is 18.9 Å². The first kappa shape index (κ1) is 23.1. The van der Waals surface area contributed by atoms with Gasteiger partial charge >= 0.3 is 0 Å². The topological polar surface area (TPSA) is 69.7 Å². The molecule has 1 aromatic carbocycles. The predicted molar refractivity (Wildman–Crippen MR) is 112 cm³/mol. The SMILES string of the molecule is CC1CCC(C(=O)Nc2ccc(C[C@H]3CCOC3)nc2)O1.COc1cccc(F)c1F. The molecular formula is C23H28F2N2O4. The zero-order valence-corrected chi connectivity index (χ0v) is 17.8. The van der Waals surface area contributed by atoms with Crippen molar-refractivity contribution >= 4 is 11.6 Å². The molecule has 0 aliphatic carbocycles. The Labute approximate surface area is 180 Å². The van der Waals surface area contributed by atoms with Crippen molar-refractivity contribution in [1.82, 2.24) is 4.98 Å². The van der Waals surface area contributed by atoms with Crippen LogP contribution >= 0.6 is 0 Å². The van der Waals surface area contributed by atoms with Gasteiger partial charge in [-0.3, -0.25) is 9.78 Å². The molecular weight excluding hydrogens is 406 g/mol. The quantitative estimate of drug-likeness (QED) is 0.766. The molecule has 4 rings (SSSR count). The maximum Gasteiger partial charge on any atom is 0.253 e. The number of pyridine rings is 1. The van der Waals surface area contributed by atoms with E-state index in [0.717, 1.165) is 56.3 Å². The van der Waals surface area contributed by atoms with Crippen molar-refractivity contribution in [2.45, 2.75) is 44.8 Å². The lowest BCUT2D eigenvalue weighted by atomic mass is 10.0. The number of anilines is 1. The van der Waals surface area contributed by atoms with Gasteiger partial charge in [0.25, 0.3) is 5.91 Å². The summed E-state index contributed by atoms with van der Waals surface area (Å²) in [6.07, 6.45) is 5.36. The second-order valence-corrected chi connectivity index (χ2v) is 7.73. The van der Waals surface area contributed by atoms with Crippen LogP contribution < -0.4 is 10.1 Å². The van der Waals surface area contributed by atoms with Crippen LogP contribution in [0.25, 0.3) is 0 Å². The molecule has 2 aromatic rings. The van der Waals surface area contributed by atoms with Gasteiger partial charge in [-0.1, -0.05) is 6.07 Å². The van der Waals surface area contributed by atoms with Gasteiger partial charge in [0.1, 0.15) is 6.10 Å². The van der Waals surface area contributed by atoms with E-state index in [2.05, 4.69) is 15.0 Å². The van der Waals surface area contributed by atoms with Gasteiger partial charge in [0.2, 0.25) is 5.82 Å². The van der Waals surface area contributed by atoms with Crippen LogP contribution in [-0.2, 0) is 20.7 Å². The predicted octanol–water partition coefficient (Wildman–Crippen LogP) is 4.14. The Morgan fingerprint density at radius 1 is 1.23 bits per heavy atom. The number of aromatic nitrogens is 1. The molecule has 2 aliphatic heterocycles. The maximum atomic E-state index is 12.5. The molecule has 3 atom stereocenters. The van der Waals surface area contributed by atoms with Crippen molar-refractivity contribution in [2.24, 2.45) is 5.92 Å². The Hall–Kier alpha value is -2.58. The summed E-state index contributed by atoms with van der Waals surface area (Å²) in [5, 5.41) is 2.87. The molecule has 0 bridgehead atoms. The van der Waals surface area contributed by atoms with E-state index in [9.17, 15) is 13.6 Å². The van der Waals surface area contributed by atoms with E-state index in [0.29, 0.717) is 5.92 Å². The second-order valence-electron chi connectivity index (χ2n) is 7.73. The minimum Gasteiger partial charge on any atom is -0.494 e. The maximum absolute atomic E-state index is 12.5. The number of nitrogens with zero attached hydrogens (tertiary/aromatic N) is 1. The summed E-state index contributed by atoms with van der Waals surface area (Å²) in [6.45, 7) is 3.69. The Morgan fingerprint density at radius 3 is 2.65 bits per heavy atom. The van der Waals surface area contributed by atoms with Crippen LogP contribution in [-0.4, -0.2) is 43.4 Å². The molecule has 1 N–H and O–H groups in total. The molecule has 0 saturated carbocycles. The van der Waals surface area contributed by atoms with Crippen molar-refractivity contribution in [3.8, 4) is 5.75 Å². The van der Waals surface area contributed by atoms with E-state index >= 15 is 0 Å². The third-order valence-corrected chi connectivity index (χ3v) is 5.27. The number of benzene rings is 1. The van der Waals surface area contributed by atoms with Crippen LogP contribution in [0.1, 0.15) is 31.9 Å². The minimum atomic E-state index is -0.940. The third-order valence-electron chi connectivity index (χ3n) is 5.27. The molecule has 1 aromatic heterocycles. The normalized spacial score (nSPS) is 22.5.